The summed E-state index contributed by atoms with van der Waals surface area (Å²) in [5.74, 6) is 0.463. The lowest BCUT2D eigenvalue weighted by molar-refractivity contribution is -0.143. The van der Waals surface area contributed by atoms with Crippen molar-refractivity contribution in [2.75, 3.05) is 0 Å². The number of carbonyl (C=O) groups is 2. The maximum Gasteiger partial charge on any atom is 0.243 e. The highest BCUT2D eigenvalue weighted by Crippen LogP contribution is 2.41. The number of amides is 2. The van der Waals surface area contributed by atoms with Crippen molar-refractivity contribution in [1.29, 1.82) is 0 Å². The van der Waals surface area contributed by atoms with E-state index in [9.17, 15) is 9.59 Å². The van der Waals surface area contributed by atoms with Crippen molar-refractivity contribution in [2.24, 2.45) is 17.6 Å². The molecule has 4 rings (SSSR count). The molecule has 1 heterocycles. The molecule has 2 unspecified atom stereocenters. The maximum atomic E-state index is 13.4. The summed E-state index contributed by atoms with van der Waals surface area (Å²) in [4.78, 5) is 28.6. The van der Waals surface area contributed by atoms with Gasteiger partial charge in [0.1, 0.15) is 6.04 Å². The molecule has 1 saturated carbocycles. The number of halogens is 1. The first-order valence-electron chi connectivity index (χ1n) is 11.4. The molecule has 0 aromatic heterocycles. The second kappa shape index (κ2) is 9.69. The van der Waals surface area contributed by atoms with Crippen LogP contribution in [0.3, 0.4) is 0 Å². The van der Waals surface area contributed by atoms with Crippen LogP contribution in [-0.4, -0.2) is 34.8 Å². The van der Waals surface area contributed by atoms with E-state index in [-0.39, 0.29) is 48.3 Å². The molecule has 5 atom stereocenters. The van der Waals surface area contributed by atoms with Crippen molar-refractivity contribution in [1.82, 2.24) is 10.2 Å². The number of carbonyl (C=O) groups excluding carboxylic acids is 2. The first kappa shape index (κ1) is 23.1. The van der Waals surface area contributed by atoms with E-state index in [2.05, 4.69) is 23.5 Å². The highest BCUT2D eigenvalue weighted by molar-refractivity contribution is 5.91. The molecule has 1 aliphatic heterocycles. The van der Waals surface area contributed by atoms with E-state index in [1.54, 1.807) is 0 Å². The van der Waals surface area contributed by atoms with E-state index in [0.29, 0.717) is 5.92 Å². The van der Waals surface area contributed by atoms with Gasteiger partial charge in [-0.25, -0.2) is 0 Å². The molecule has 3 N–H and O–H groups in total. The van der Waals surface area contributed by atoms with Crippen LogP contribution in [0, 0.1) is 11.8 Å². The number of nitrogens with two attached hydrogens (primary N) is 1. The van der Waals surface area contributed by atoms with Crippen LogP contribution in [0.2, 0.25) is 0 Å². The minimum Gasteiger partial charge on any atom is -0.347 e. The zero-order valence-corrected chi connectivity index (χ0v) is 19.0. The van der Waals surface area contributed by atoms with Gasteiger partial charge < -0.3 is 16.0 Å². The molecule has 0 radical (unpaired) electrons. The molecular weight excluding hydrogens is 398 g/mol. The average Bonchev–Trinajstić information content (AvgIpc) is 3.12. The number of hydrogen-bond donors (Lipinski definition) is 2. The van der Waals surface area contributed by atoms with Crippen LogP contribution in [0.1, 0.15) is 76.0 Å². The van der Waals surface area contributed by atoms with Gasteiger partial charge in [0.2, 0.25) is 11.8 Å². The molecule has 30 heavy (non-hydrogen) atoms. The summed E-state index contributed by atoms with van der Waals surface area (Å²) in [5.41, 5.74) is 8.82. The second-order valence-electron chi connectivity index (χ2n) is 9.53. The number of aryl methyl sites for hydroxylation is 1. The van der Waals surface area contributed by atoms with Gasteiger partial charge in [-0.3, -0.25) is 9.59 Å². The van der Waals surface area contributed by atoms with E-state index >= 15 is 0 Å². The lowest BCUT2D eigenvalue weighted by atomic mass is 9.84. The SMILES string of the molecule is CC(C)[C@H](N)C(=O)N1C2CCCCC2C[C@H]1C(=O)N[C@@H]1CCCc2ccccc21.Cl. The Morgan fingerprint density at radius 2 is 1.83 bits per heavy atom. The molecule has 2 amide bonds. The predicted octanol–water partition coefficient (Wildman–Crippen LogP) is 3.75. The molecule has 2 aliphatic carbocycles. The van der Waals surface area contributed by atoms with Gasteiger partial charge >= 0.3 is 0 Å². The summed E-state index contributed by atoms with van der Waals surface area (Å²) in [6.07, 6.45) is 8.33. The Balaban J connectivity index is 0.00000256. The minimum absolute atomic E-state index is 0. The number of likely N-dealkylation sites (tertiary alicyclic amines) is 1. The average molecular weight is 434 g/mol. The van der Waals surface area contributed by atoms with Crippen molar-refractivity contribution in [3.05, 3.63) is 35.4 Å². The van der Waals surface area contributed by atoms with E-state index in [0.717, 1.165) is 44.9 Å². The van der Waals surface area contributed by atoms with Gasteiger partial charge in [0.25, 0.3) is 0 Å². The van der Waals surface area contributed by atoms with Crippen molar-refractivity contribution < 1.29 is 9.59 Å². The third-order valence-electron chi connectivity index (χ3n) is 7.33. The van der Waals surface area contributed by atoms with E-state index < -0.39 is 6.04 Å². The quantitative estimate of drug-likeness (QED) is 0.759. The summed E-state index contributed by atoms with van der Waals surface area (Å²) in [5, 5.41) is 3.31. The highest BCUT2D eigenvalue weighted by Gasteiger charge is 2.48. The smallest absolute Gasteiger partial charge is 0.243 e. The molecule has 1 aromatic carbocycles. The molecule has 0 spiro atoms. The van der Waals surface area contributed by atoms with Gasteiger partial charge in [0.15, 0.2) is 0 Å². The van der Waals surface area contributed by atoms with Crippen molar-refractivity contribution in [2.45, 2.75) is 89.4 Å². The number of benzene rings is 1. The monoisotopic (exact) mass is 433 g/mol. The first-order chi connectivity index (χ1) is 14.0. The third kappa shape index (κ3) is 4.38. The molecular formula is C24H36ClN3O2. The standard InChI is InChI=1S/C24H35N3O2.ClH/c1-15(2)22(25)24(29)27-20-13-6-4-9-17(20)14-21(27)23(28)26-19-12-7-10-16-8-3-5-11-18(16)19;/h3,5,8,11,15,17,19-22H,4,6-7,9-10,12-14,25H2,1-2H3,(H,26,28);1H/t17?,19-,20?,21+,22+;/m1./s1. The largest absolute Gasteiger partial charge is 0.347 e. The predicted molar refractivity (Wildman–Crippen MR) is 121 cm³/mol. The van der Waals surface area contributed by atoms with Gasteiger partial charge in [-0.15, -0.1) is 12.4 Å². The molecule has 166 valence electrons. The van der Waals surface area contributed by atoms with Crippen molar-refractivity contribution in [3.8, 4) is 0 Å². The van der Waals surface area contributed by atoms with E-state index in [1.165, 1.54) is 17.5 Å². The van der Waals surface area contributed by atoms with Crippen LogP contribution in [0.15, 0.2) is 24.3 Å². The third-order valence-corrected chi connectivity index (χ3v) is 7.33. The number of fused-ring (bicyclic) bond motifs is 2. The zero-order chi connectivity index (χ0) is 20.5. The first-order valence-corrected chi connectivity index (χ1v) is 11.4. The molecule has 1 aromatic rings. The zero-order valence-electron chi connectivity index (χ0n) is 18.2. The summed E-state index contributed by atoms with van der Waals surface area (Å²) in [6, 6.07) is 7.71. The van der Waals surface area contributed by atoms with Gasteiger partial charge in [-0.2, -0.15) is 0 Å². The summed E-state index contributed by atoms with van der Waals surface area (Å²) in [6.45, 7) is 3.95. The molecule has 5 nitrogen and oxygen atoms in total. The van der Waals surface area contributed by atoms with Crippen LogP contribution in [0.4, 0.5) is 0 Å². The molecule has 6 heteroatoms. The Morgan fingerprint density at radius 3 is 2.60 bits per heavy atom. The Hall–Kier alpha value is -1.59. The van der Waals surface area contributed by atoms with Gasteiger partial charge in [0.05, 0.1) is 12.1 Å². The number of hydrogen-bond acceptors (Lipinski definition) is 3. The topological polar surface area (TPSA) is 75.4 Å². The minimum atomic E-state index is -0.540. The Labute approximate surface area is 186 Å². The fraction of sp³-hybridized carbons (Fsp3) is 0.667. The highest BCUT2D eigenvalue weighted by atomic mass is 35.5. The lowest BCUT2D eigenvalue weighted by Crippen LogP contribution is -2.56. The Bertz CT molecular complexity index is 769. The van der Waals surface area contributed by atoms with Crippen LogP contribution >= 0.6 is 12.4 Å². The van der Waals surface area contributed by atoms with Crippen molar-refractivity contribution in [3.63, 3.8) is 0 Å². The van der Waals surface area contributed by atoms with Crippen LogP contribution in [0.5, 0.6) is 0 Å². The summed E-state index contributed by atoms with van der Waals surface area (Å²) >= 11 is 0. The fourth-order valence-electron chi connectivity index (χ4n) is 5.64. The van der Waals surface area contributed by atoms with E-state index in [1.807, 2.05) is 24.8 Å². The lowest BCUT2D eigenvalue weighted by Gasteiger charge is -2.36. The van der Waals surface area contributed by atoms with Crippen LogP contribution < -0.4 is 11.1 Å². The Morgan fingerprint density at radius 1 is 1.10 bits per heavy atom. The second-order valence-corrected chi connectivity index (χ2v) is 9.53. The fourth-order valence-corrected chi connectivity index (χ4v) is 5.64. The van der Waals surface area contributed by atoms with Gasteiger partial charge in [0, 0.05) is 6.04 Å². The number of nitrogens with one attached hydrogen (secondary N) is 1. The summed E-state index contributed by atoms with van der Waals surface area (Å²) in [7, 11) is 0. The summed E-state index contributed by atoms with van der Waals surface area (Å²) < 4.78 is 0. The van der Waals surface area contributed by atoms with Crippen LogP contribution in [0.25, 0.3) is 0 Å². The molecule has 1 saturated heterocycles. The Kier molecular flexibility index (Phi) is 7.46. The number of nitrogens with zero attached hydrogens (tertiary/aromatic N) is 1. The van der Waals surface area contributed by atoms with Gasteiger partial charge in [-0.1, -0.05) is 51.0 Å². The van der Waals surface area contributed by atoms with Crippen molar-refractivity contribution >= 4 is 24.2 Å². The molecule has 3 aliphatic rings. The molecule has 0 bridgehead atoms. The molecule has 2 fully saturated rings. The number of rotatable bonds is 4. The van der Waals surface area contributed by atoms with E-state index in [4.69, 9.17) is 5.73 Å². The van der Waals surface area contributed by atoms with Gasteiger partial charge in [-0.05, 0) is 61.5 Å². The maximum absolute atomic E-state index is 13.4. The normalized spacial score (nSPS) is 28.9. The van der Waals surface area contributed by atoms with Crippen LogP contribution in [-0.2, 0) is 16.0 Å².